The molecule has 0 aromatic rings. The molecule has 0 saturated carbocycles. The molecule has 0 aromatic heterocycles. The fourth-order valence-corrected chi connectivity index (χ4v) is 0. The van der Waals surface area contributed by atoms with Crippen molar-refractivity contribution < 1.29 is 94.3 Å². The third-order valence-electron chi connectivity index (χ3n) is 0. The van der Waals surface area contributed by atoms with Crippen molar-refractivity contribution in [3.8, 4) is 0 Å². The van der Waals surface area contributed by atoms with E-state index in [1.807, 2.05) is 0 Å². The second kappa shape index (κ2) is 13.0. The van der Waals surface area contributed by atoms with Crippen molar-refractivity contribution in [2.45, 2.75) is 0 Å². The molecule has 0 saturated heterocycles. The van der Waals surface area contributed by atoms with Gasteiger partial charge in [0.15, 0.2) is 0 Å². The van der Waals surface area contributed by atoms with Crippen LogP contribution >= 0.6 is 7.82 Å². The van der Waals surface area contributed by atoms with Crippen molar-refractivity contribution in [3.63, 3.8) is 0 Å². The maximum atomic E-state index is 8.88. The van der Waals surface area contributed by atoms with Crippen molar-refractivity contribution >= 4 is 7.82 Å². The first-order valence-electron chi connectivity index (χ1n) is 0.783. The van der Waals surface area contributed by atoms with Crippen molar-refractivity contribution in [2.24, 2.45) is 0 Å². The van der Waals surface area contributed by atoms with Crippen LogP contribution < -0.4 is 0 Å². The van der Waals surface area contributed by atoms with Crippen LogP contribution in [0, 0.1) is 0 Å². The quantitative estimate of drug-likeness (QED) is 0.343. The molecule has 0 bridgehead atoms. The first-order chi connectivity index (χ1) is 2.00. The summed E-state index contributed by atoms with van der Waals surface area (Å²) in [6.07, 6.45) is 0. The Morgan fingerprint density at radius 2 is 1.11 bits per heavy atom. The van der Waals surface area contributed by atoms with Gasteiger partial charge in [0.2, 0.25) is 0 Å². The van der Waals surface area contributed by atoms with Crippen LogP contribution in [0.1, 0.15) is 0 Å². The Balaban J connectivity index is -0.0000000133. The molecular weight excluding hydrogens is 434 g/mol. The summed E-state index contributed by atoms with van der Waals surface area (Å²) in [6, 6.07) is 0. The normalized spacial score (nSPS) is 6.56. The second-order valence-corrected chi connectivity index (χ2v) is 1.54. The first-order valence-corrected chi connectivity index (χ1v) is 2.35. The number of hydrogen-bond acceptors (Lipinski definition) is 1. The summed E-state index contributed by atoms with van der Waals surface area (Å²) in [5, 5.41) is 0. The van der Waals surface area contributed by atoms with E-state index in [0.29, 0.717) is 0 Å². The van der Waals surface area contributed by atoms with E-state index in [0.717, 1.165) is 0 Å². The van der Waals surface area contributed by atoms with Crippen LogP contribution in [-0.2, 0) is 74.9 Å². The fraction of sp³-hybridized carbons (Fsp3) is 0. The predicted octanol–water partition coefficient (Wildman–Crippen LogP) is -0.784. The van der Waals surface area contributed by atoms with Gasteiger partial charge in [-0.1, -0.05) is 0 Å². The molecule has 0 unspecified atom stereocenters. The van der Waals surface area contributed by atoms with Gasteiger partial charge in [0.05, 0.1) is 0 Å². The predicted molar refractivity (Wildman–Crippen MR) is 16.8 cm³/mol. The zero-order chi connectivity index (χ0) is 4.50. The SMILES string of the molecule is F.O=P(O)(O)O.[Ta].[Ti].[Zr]. The Kier molecular flexibility index (Phi) is 43.5. The van der Waals surface area contributed by atoms with Gasteiger partial charge in [-0.15, -0.1) is 0 Å². The van der Waals surface area contributed by atoms with Crippen LogP contribution in [-0.4, -0.2) is 14.7 Å². The van der Waals surface area contributed by atoms with Crippen LogP contribution in [0.4, 0.5) is 4.70 Å². The van der Waals surface area contributed by atoms with Gasteiger partial charge in [-0.3, -0.25) is 4.70 Å². The standard InChI is InChI=1S/FH.H3O4P.Ta.Ti.Zr/c;1-5(2,3)4;;;/h1H;(H3,1,2,3,4);;;. The molecule has 9 heteroatoms. The Morgan fingerprint density at radius 1 is 1.11 bits per heavy atom. The number of halogens is 1. The Bertz CT molecular complexity index is 66.7. The summed E-state index contributed by atoms with van der Waals surface area (Å²) in [6.45, 7) is 0. The van der Waals surface area contributed by atoms with E-state index in [2.05, 4.69) is 0 Å². The third kappa shape index (κ3) is 129. The van der Waals surface area contributed by atoms with E-state index in [9.17, 15) is 0 Å². The smallest absolute Gasteiger partial charge is 0.303 e. The van der Waals surface area contributed by atoms with E-state index >= 15 is 0 Å². The maximum Gasteiger partial charge on any atom is 0.466 e. The molecule has 0 atom stereocenters. The summed E-state index contributed by atoms with van der Waals surface area (Å²) in [4.78, 5) is 21.6. The van der Waals surface area contributed by atoms with Gasteiger partial charge in [-0.2, -0.15) is 0 Å². The number of phosphoric acid groups is 1. The molecule has 1 radical (unpaired) electrons. The minimum absolute atomic E-state index is 0. The van der Waals surface area contributed by atoms with Gasteiger partial charge in [0, 0.05) is 70.3 Å². The topological polar surface area (TPSA) is 77.8 Å². The molecule has 0 heterocycles. The van der Waals surface area contributed by atoms with Crippen LogP contribution in [0.15, 0.2) is 0 Å². The van der Waals surface area contributed by atoms with E-state index in [-0.39, 0.29) is 75.0 Å². The van der Waals surface area contributed by atoms with Crippen molar-refractivity contribution in [1.82, 2.24) is 0 Å². The van der Waals surface area contributed by atoms with Crippen LogP contribution in [0.25, 0.3) is 0 Å². The van der Waals surface area contributed by atoms with Gasteiger partial charge >= 0.3 is 7.82 Å². The molecule has 0 amide bonds. The third-order valence-corrected chi connectivity index (χ3v) is 0. The molecule has 0 aliphatic rings. The fourth-order valence-electron chi connectivity index (χ4n) is 0. The summed E-state index contributed by atoms with van der Waals surface area (Å²) >= 11 is 0. The summed E-state index contributed by atoms with van der Waals surface area (Å²) < 4.78 is 8.88. The summed E-state index contributed by atoms with van der Waals surface area (Å²) in [5.41, 5.74) is 0. The number of rotatable bonds is 0. The van der Waals surface area contributed by atoms with Crippen molar-refractivity contribution in [3.05, 3.63) is 0 Å². The summed E-state index contributed by atoms with van der Waals surface area (Å²) in [5.74, 6) is 0. The first kappa shape index (κ1) is 30.1. The molecule has 4 nitrogen and oxygen atoms in total. The molecule has 0 aromatic carbocycles. The zero-order valence-corrected chi connectivity index (χ0v) is 12.2. The Labute approximate surface area is 101 Å². The molecule has 0 rings (SSSR count). The monoisotopic (exact) mass is 437 g/mol. The van der Waals surface area contributed by atoms with E-state index in [4.69, 9.17) is 19.2 Å². The average Bonchev–Trinajstić information content (AvgIpc) is 0.722. The Hall–Kier alpha value is 2.38. The van der Waals surface area contributed by atoms with Crippen LogP contribution in [0.2, 0.25) is 0 Å². The van der Waals surface area contributed by atoms with Crippen LogP contribution in [0.5, 0.6) is 0 Å². The molecule has 0 aliphatic carbocycles. The zero-order valence-electron chi connectivity index (χ0n) is 4.05. The minimum Gasteiger partial charge on any atom is -0.303 e. The number of hydrogen-bond donors (Lipinski definition) is 3. The molecule has 9 heavy (non-hydrogen) atoms. The molecule has 0 aliphatic heterocycles. The Morgan fingerprint density at radius 3 is 1.11 bits per heavy atom. The minimum atomic E-state index is -4.64. The van der Waals surface area contributed by atoms with Crippen molar-refractivity contribution in [2.75, 3.05) is 0 Å². The van der Waals surface area contributed by atoms with Gasteiger partial charge < -0.3 is 14.7 Å². The van der Waals surface area contributed by atoms with Gasteiger partial charge in [-0.25, -0.2) is 4.57 Å². The second-order valence-electron chi connectivity index (χ2n) is 0.513. The van der Waals surface area contributed by atoms with Crippen LogP contribution in [0.3, 0.4) is 0 Å². The maximum absolute atomic E-state index is 8.88. The largest absolute Gasteiger partial charge is 0.466 e. The van der Waals surface area contributed by atoms with Crippen molar-refractivity contribution in [1.29, 1.82) is 0 Å². The molecule has 3 N–H and O–H groups in total. The van der Waals surface area contributed by atoms with Gasteiger partial charge in [0.1, 0.15) is 0 Å². The molecular formula is H4FO4PTaTiZr. The molecule has 0 spiro atoms. The van der Waals surface area contributed by atoms with Gasteiger partial charge in [0.25, 0.3) is 0 Å². The van der Waals surface area contributed by atoms with E-state index in [1.165, 1.54) is 0 Å². The average molecular weight is 438 g/mol. The van der Waals surface area contributed by atoms with E-state index < -0.39 is 7.82 Å². The van der Waals surface area contributed by atoms with Gasteiger partial charge in [-0.05, 0) is 0 Å². The molecule has 53 valence electrons. The molecule has 0 fully saturated rings. The summed E-state index contributed by atoms with van der Waals surface area (Å²) in [7, 11) is -4.64. The van der Waals surface area contributed by atoms with E-state index in [1.54, 1.807) is 0 Å².